The molecule has 0 radical (unpaired) electrons. The maximum Gasteiger partial charge on any atom is 0.280 e. The summed E-state index contributed by atoms with van der Waals surface area (Å²) in [4.78, 5) is 10.5. The summed E-state index contributed by atoms with van der Waals surface area (Å²) in [5.41, 5.74) is 0.504. The van der Waals surface area contributed by atoms with Crippen LogP contribution in [0, 0.1) is 10.1 Å². The standard InChI is InChI=1S/C13H13NO3/c15-14(16)11-4-3-5-12-10(11)6-9-13(17-12)7-1-2-8-13/h3-6,9H,1-2,7-8H2. The monoisotopic (exact) mass is 231 g/mol. The SMILES string of the molecule is O=[N+]([O-])c1cccc2c1C=CC1(CCCC1)O2. The van der Waals surface area contributed by atoms with Crippen LogP contribution in [0.5, 0.6) is 5.75 Å². The van der Waals surface area contributed by atoms with Crippen molar-refractivity contribution in [3.05, 3.63) is 40.0 Å². The lowest BCUT2D eigenvalue weighted by molar-refractivity contribution is -0.385. The molecule has 1 spiro atoms. The number of hydrogen-bond acceptors (Lipinski definition) is 3. The van der Waals surface area contributed by atoms with Gasteiger partial charge in [0.05, 0.1) is 10.5 Å². The Labute approximate surface area is 99.1 Å². The van der Waals surface area contributed by atoms with Crippen molar-refractivity contribution in [1.82, 2.24) is 0 Å². The summed E-state index contributed by atoms with van der Waals surface area (Å²) in [6.07, 6.45) is 8.18. The van der Waals surface area contributed by atoms with Crippen LogP contribution in [0.25, 0.3) is 6.08 Å². The molecule has 0 unspecified atom stereocenters. The summed E-state index contributed by atoms with van der Waals surface area (Å²) in [5, 5.41) is 10.9. The Morgan fingerprint density at radius 3 is 2.76 bits per heavy atom. The Hall–Kier alpha value is -1.84. The van der Waals surface area contributed by atoms with Crippen molar-refractivity contribution in [2.45, 2.75) is 31.3 Å². The predicted molar refractivity (Wildman–Crippen MR) is 64.0 cm³/mol. The molecule has 4 heteroatoms. The summed E-state index contributed by atoms with van der Waals surface area (Å²) in [6.45, 7) is 0. The van der Waals surface area contributed by atoms with Gasteiger partial charge in [-0.25, -0.2) is 0 Å². The van der Waals surface area contributed by atoms with Gasteiger partial charge in [-0.15, -0.1) is 0 Å². The Bertz CT molecular complexity index is 501. The van der Waals surface area contributed by atoms with Crippen LogP contribution in [0.2, 0.25) is 0 Å². The number of hydrogen-bond donors (Lipinski definition) is 0. The summed E-state index contributed by atoms with van der Waals surface area (Å²) in [6, 6.07) is 5.00. The molecule has 1 aliphatic carbocycles. The highest BCUT2D eigenvalue weighted by Crippen LogP contribution is 2.43. The van der Waals surface area contributed by atoms with E-state index in [1.807, 2.05) is 18.2 Å². The molecule has 0 amide bonds. The zero-order valence-corrected chi connectivity index (χ0v) is 9.39. The molecule has 0 saturated heterocycles. The average molecular weight is 231 g/mol. The highest BCUT2D eigenvalue weighted by Gasteiger charge is 2.37. The second-order valence-electron chi connectivity index (χ2n) is 4.65. The van der Waals surface area contributed by atoms with Crippen LogP contribution in [0.1, 0.15) is 31.2 Å². The smallest absolute Gasteiger partial charge is 0.280 e. The fourth-order valence-corrected chi connectivity index (χ4v) is 2.68. The van der Waals surface area contributed by atoms with E-state index in [1.54, 1.807) is 6.07 Å². The second kappa shape index (κ2) is 3.58. The highest BCUT2D eigenvalue weighted by molar-refractivity contribution is 5.69. The van der Waals surface area contributed by atoms with Gasteiger partial charge in [-0.3, -0.25) is 10.1 Å². The van der Waals surface area contributed by atoms with Gasteiger partial charge in [-0.2, -0.15) is 0 Å². The van der Waals surface area contributed by atoms with Gasteiger partial charge in [0, 0.05) is 6.07 Å². The molecule has 0 N–H and O–H groups in total. The number of benzene rings is 1. The van der Waals surface area contributed by atoms with Gasteiger partial charge in [-0.05, 0) is 43.9 Å². The first-order valence-electron chi connectivity index (χ1n) is 5.86. The average Bonchev–Trinajstić information content (AvgIpc) is 2.76. The molecule has 4 nitrogen and oxygen atoms in total. The van der Waals surface area contributed by atoms with Crippen LogP contribution in [0.4, 0.5) is 5.69 Å². The molecule has 0 bridgehead atoms. The lowest BCUT2D eigenvalue weighted by atomic mass is 9.96. The number of nitrogens with zero attached hydrogens (tertiary/aromatic N) is 1. The van der Waals surface area contributed by atoms with Crippen LogP contribution < -0.4 is 4.74 Å². The van der Waals surface area contributed by atoms with Gasteiger partial charge in [0.1, 0.15) is 11.4 Å². The Morgan fingerprint density at radius 1 is 1.29 bits per heavy atom. The molecular weight excluding hydrogens is 218 g/mol. The maximum atomic E-state index is 10.9. The molecule has 1 saturated carbocycles. The number of rotatable bonds is 1. The molecule has 1 aromatic rings. The third kappa shape index (κ3) is 1.60. The third-order valence-corrected chi connectivity index (χ3v) is 3.56. The number of fused-ring (bicyclic) bond motifs is 1. The minimum atomic E-state index is -0.362. The van der Waals surface area contributed by atoms with E-state index < -0.39 is 0 Å². The van der Waals surface area contributed by atoms with Gasteiger partial charge < -0.3 is 4.74 Å². The van der Waals surface area contributed by atoms with Gasteiger partial charge in [0.15, 0.2) is 0 Å². The van der Waals surface area contributed by atoms with Gasteiger partial charge in [0.2, 0.25) is 0 Å². The predicted octanol–water partition coefficient (Wildman–Crippen LogP) is 3.31. The Kier molecular flexibility index (Phi) is 2.18. The molecule has 0 aromatic heterocycles. The largest absolute Gasteiger partial charge is 0.482 e. The summed E-state index contributed by atoms with van der Waals surface area (Å²) < 4.78 is 5.98. The Morgan fingerprint density at radius 2 is 2.06 bits per heavy atom. The summed E-state index contributed by atoms with van der Waals surface area (Å²) in [5.74, 6) is 0.642. The van der Waals surface area contributed by atoms with Gasteiger partial charge in [0.25, 0.3) is 5.69 Å². The van der Waals surface area contributed by atoms with Crippen molar-refractivity contribution in [2.75, 3.05) is 0 Å². The molecule has 2 aliphatic rings. The fourth-order valence-electron chi connectivity index (χ4n) is 2.68. The molecule has 0 atom stereocenters. The fraction of sp³-hybridized carbons (Fsp3) is 0.385. The molecule has 88 valence electrons. The number of nitro groups is 1. The first kappa shape index (κ1) is 10.3. The number of ether oxygens (including phenoxy) is 1. The second-order valence-corrected chi connectivity index (χ2v) is 4.65. The van der Waals surface area contributed by atoms with E-state index >= 15 is 0 Å². The lowest BCUT2D eigenvalue weighted by Crippen LogP contribution is -2.32. The summed E-state index contributed by atoms with van der Waals surface area (Å²) >= 11 is 0. The minimum Gasteiger partial charge on any atom is -0.482 e. The van der Waals surface area contributed by atoms with Gasteiger partial charge in [-0.1, -0.05) is 6.07 Å². The van der Waals surface area contributed by atoms with Crippen LogP contribution >= 0.6 is 0 Å². The van der Waals surface area contributed by atoms with E-state index in [-0.39, 0.29) is 16.2 Å². The molecule has 1 aliphatic heterocycles. The zero-order valence-electron chi connectivity index (χ0n) is 9.39. The quantitative estimate of drug-likeness (QED) is 0.550. The van der Waals surface area contributed by atoms with Crippen molar-refractivity contribution in [2.24, 2.45) is 0 Å². The van der Waals surface area contributed by atoms with E-state index in [1.165, 1.54) is 6.07 Å². The molecule has 17 heavy (non-hydrogen) atoms. The molecule has 1 fully saturated rings. The minimum absolute atomic E-state index is 0.117. The maximum absolute atomic E-state index is 10.9. The first-order valence-corrected chi connectivity index (χ1v) is 5.86. The molecule has 3 rings (SSSR count). The van der Waals surface area contributed by atoms with Crippen LogP contribution in [-0.2, 0) is 0 Å². The topological polar surface area (TPSA) is 52.4 Å². The third-order valence-electron chi connectivity index (χ3n) is 3.56. The van der Waals surface area contributed by atoms with Crippen molar-refractivity contribution in [3.63, 3.8) is 0 Å². The van der Waals surface area contributed by atoms with Crippen molar-refractivity contribution < 1.29 is 9.66 Å². The van der Waals surface area contributed by atoms with Crippen LogP contribution in [0.15, 0.2) is 24.3 Å². The van der Waals surface area contributed by atoms with E-state index in [0.29, 0.717) is 11.3 Å². The van der Waals surface area contributed by atoms with Crippen molar-refractivity contribution >= 4 is 11.8 Å². The zero-order chi connectivity index (χ0) is 11.9. The van der Waals surface area contributed by atoms with Gasteiger partial charge >= 0.3 is 0 Å². The van der Waals surface area contributed by atoms with E-state index in [4.69, 9.17) is 4.74 Å². The van der Waals surface area contributed by atoms with E-state index in [2.05, 4.69) is 0 Å². The molecular formula is C13H13NO3. The van der Waals surface area contributed by atoms with E-state index in [0.717, 1.165) is 25.7 Å². The van der Waals surface area contributed by atoms with Crippen molar-refractivity contribution in [3.8, 4) is 5.75 Å². The molecule has 1 heterocycles. The first-order chi connectivity index (χ1) is 8.20. The van der Waals surface area contributed by atoms with Crippen LogP contribution in [0.3, 0.4) is 0 Å². The van der Waals surface area contributed by atoms with Crippen molar-refractivity contribution in [1.29, 1.82) is 0 Å². The summed E-state index contributed by atoms with van der Waals surface area (Å²) in [7, 11) is 0. The van der Waals surface area contributed by atoms with E-state index in [9.17, 15) is 10.1 Å². The normalized spacial score (nSPS) is 20.0. The Balaban J connectivity index is 2.05. The number of nitro benzene ring substituents is 1. The lowest BCUT2D eigenvalue weighted by Gasteiger charge is -2.30. The molecule has 1 aromatic carbocycles. The highest BCUT2D eigenvalue weighted by atomic mass is 16.6. The van der Waals surface area contributed by atoms with Crippen LogP contribution in [-0.4, -0.2) is 10.5 Å².